The molecule has 0 N–H and O–H groups in total. The summed E-state index contributed by atoms with van der Waals surface area (Å²) in [5.74, 6) is 0. The van der Waals surface area contributed by atoms with Crippen LogP contribution in [0.3, 0.4) is 0 Å². The van der Waals surface area contributed by atoms with Crippen molar-refractivity contribution in [3.63, 3.8) is 0 Å². The molecule has 0 radical (unpaired) electrons. The molecule has 1 heterocycles. The molecule has 1 aromatic heterocycles. The molecule has 1 rings (SSSR count). The van der Waals surface area contributed by atoms with Crippen LogP contribution in [0.2, 0.25) is 0 Å². The van der Waals surface area contributed by atoms with E-state index >= 15 is 0 Å². The number of halogens is 1. The molecule has 0 atom stereocenters. The molecule has 64 valence electrons. The average Bonchev–Trinajstić information content (AvgIpc) is 2.08. The van der Waals surface area contributed by atoms with Crippen molar-refractivity contribution in [3.8, 4) is 0 Å². The standard InChI is InChI=1S/C5H3BrN2O2.CH2O/c6-4-1-5(8(9)10)3-7-2-4;1-2/h1-3H;1H2. The Hall–Kier alpha value is -1.30. The van der Waals surface area contributed by atoms with Crippen molar-refractivity contribution in [2.75, 3.05) is 0 Å². The third kappa shape index (κ3) is 3.20. The second-order valence-electron chi connectivity index (χ2n) is 1.62. The molecule has 0 unspecified atom stereocenters. The van der Waals surface area contributed by atoms with Gasteiger partial charge in [0, 0.05) is 16.7 Å². The van der Waals surface area contributed by atoms with Crippen molar-refractivity contribution >= 4 is 28.4 Å². The zero-order valence-electron chi connectivity index (χ0n) is 5.94. The first-order valence-corrected chi connectivity index (χ1v) is 3.53. The van der Waals surface area contributed by atoms with Crippen LogP contribution in [0.15, 0.2) is 22.9 Å². The van der Waals surface area contributed by atoms with E-state index < -0.39 is 4.92 Å². The molecule has 1 aromatic rings. The Morgan fingerprint density at radius 2 is 2.08 bits per heavy atom. The minimum absolute atomic E-state index is 0.00521. The molecule has 0 saturated carbocycles. The van der Waals surface area contributed by atoms with Crippen LogP contribution in [0.4, 0.5) is 5.69 Å². The predicted molar refractivity (Wildman–Crippen MR) is 45.7 cm³/mol. The lowest BCUT2D eigenvalue weighted by molar-refractivity contribution is -0.385. The molecule has 0 aliphatic carbocycles. The minimum atomic E-state index is -0.488. The van der Waals surface area contributed by atoms with Crippen LogP contribution in [0, 0.1) is 10.1 Å². The largest absolute Gasteiger partial charge is 0.307 e. The van der Waals surface area contributed by atoms with Gasteiger partial charge in [0.2, 0.25) is 0 Å². The quantitative estimate of drug-likeness (QED) is 0.545. The zero-order valence-corrected chi connectivity index (χ0v) is 7.52. The van der Waals surface area contributed by atoms with Gasteiger partial charge in [-0.1, -0.05) is 0 Å². The molecule has 0 spiro atoms. The van der Waals surface area contributed by atoms with Gasteiger partial charge in [-0.2, -0.15) is 0 Å². The number of aromatic nitrogens is 1. The lowest BCUT2D eigenvalue weighted by Gasteiger charge is -1.88. The molecular weight excluding hydrogens is 228 g/mol. The van der Waals surface area contributed by atoms with Gasteiger partial charge in [0.15, 0.2) is 0 Å². The van der Waals surface area contributed by atoms with E-state index in [0.717, 1.165) is 0 Å². The van der Waals surface area contributed by atoms with Gasteiger partial charge in [-0.25, -0.2) is 0 Å². The summed E-state index contributed by atoms with van der Waals surface area (Å²) in [5.41, 5.74) is -0.00521. The summed E-state index contributed by atoms with van der Waals surface area (Å²) in [6.07, 6.45) is 2.69. The van der Waals surface area contributed by atoms with E-state index in [1.165, 1.54) is 18.5 Å². The summed E-state index contributed by atoms with van der Waals surface area (Å²) in [7, 11) is 0. The van der Waals surface area contributed by atoms with Gasteiger partial charge in [-0.3, -0.25) is 15.1 Å². The smallest absolute Gasteiger partial charge is 0.288 e. The summed E-state index contributed by atoms with van der Waals surface area (Å²) in [4.78, 5) is 21.2. The highest BCUT2D eigenvalue weighted by molar-refractivity contribution is 9.10. The van der Waals surface area contributed by atoms with Gasteiger partial charge in [-0.05, 0) is 15.9 Å². The minimum Gasteiger partial charge on any atom is -0.307 e. The first-order valence-electron chi connectivity index (χ1n) is 2.74. The molecule has 6 heteroatoms. The van der Waals surface area contributed by atoms with E-state index in [1.807, 2.05) is 6.79 Å². The Morgan fingerprint density at radius 3 is 2.42 bits per heavy atom. The van der Waals surface area contributed by atoms with Crippen LogP contribution in [0.25, 0.3) is 0 Å². The SMILES string of the molecule is C=O.O=[N+]([O-])c1cncc(Br)c1. The van der Waals surface area contributed by atoms with E-state index in [1.54, 1.807) is 0 Å². The number of nitrogens with zero attached hydrogens (tertiary/aromatic N) is 2. The van der Waals surface area contributed by atoms with Crippen LogP contribution in [0.5, 0.6) is 0 Å². The van der Waals surface area contributed by atoms with Gasteiger partial charge in [-0.15, -0.1) is 0 Å². The molecule has 12 heavy (non-hydrogen) atoms. The Kier molecular flexibility index (Phi) is 4.78. The second-order valence-corrected chi connectivity index (χ2v) is 2.53. The number of rotatable bonds is 1. The molecule has 0 aliphatic heterocycles. The summed E-state index contributed by atoms with van der Waals surface area (Å²) in [6.45, 7) is 2.00. The van der Waals surface area contributed by atoms with Gasteiger partial charge >= 0.3 is 0 Å². The van der Waals surface area contributed by atoms with Crippen LogP contribution < -0.4 is 0 Å². The van der Waals surface area contributed by atoms with Crippen molar-refractivity contribution in [2.45, 2.75) is 0 Å². The van der Waals surface area contributed by atoms with E-state index in [0.29, 0.717) is 4.47 Å². The zero-order chi connectivity index (χ0) is 9.56. The van der Waals surface area contributed by atoms with Gasteiger partial charge < -0.3 is 4.79 Å². The lowest BCUT2D eigenvalue weighted by atomic mass is 10.4. The van der Waals surface area contributed by atoms with Crippen LogP contribution in [-0.4, -0.2) is 16.7 Å². The van der Waals surface area contributed by atoms with E-state index in [-0.39, 0.29) is 5.69 Å². The number of nitro groups is 1. The monoisotopic (exact) mass is 232 g/mol. The number of carbonyl (C=O) groups is 1. The van der Waals surface area contributed by atoms with Gasteiger partial charge in [0.1, 0.15) is 13.0 Å². The fourth-order valence-electron chi connectivity index (χ4n) is 0.500. The number of hydrogen-bond donors (Lipinski definition) is 0. The van der Waals surface area contributed by atoms with Crippen molar-refractivity contribution in [2.24, 2.45) is 0 Å². The number of carbonyl (C=O) groups excluding carboxylic acids is 1. The molecule has 0 aliphatic rings. The third-order valence-corrected chi connectivity index (χ3v) is 1.33. The highest BCUT2D eigenvalue weighted by Crippen LogP contribution is 2.14. The van der Waals surface area contributed by atoms with Crippen LogP contribution >= 0.6 is 15.9 Å². The molecule has 0 bridgehead atoms. The third-order valence-electron chi connectivity index (χ3n) is 0.901. The first-order chi connectivity index (χ1) is 5.70. The van der Waals surface area contributed by atoms with Gasteiger partial charge in [0.05, 0.1) is 4.92 Å². The highest BCUT2D eigenvalue weighted by Gasteiger charge is 2.03. The maximum absolute atomic E-state index is 10.1. The number of pyridine rings is 1. The fourth-order valence-corrected chi connectivity index (χ4v) is 0.853. The Labute approximate surface area is 76.7 Å². The Morgan fingerprint density at radius 1 is 1.50 bits per heavy atom. The summed E-state index contributed by atoms with van der Waals surface area (Å²) >= 11 is 3.06. The van der Waals surface area contributed by atoms with Crippen molar-refractivity contribution in [3.05, 3.63) is 33.0 Å². The summed E-state index contributed by atoms with van der Waals surface area (Å²) in [6, 6.07) is 1.40. The summed E-state index contributed by atoms with van der Waals surface area (Å²) in [5, 5.41) is 10.1. The molecule has 0 saturated heterocycles. The van der Waals surface area contributed by atoms with E-state index in [2.05, 4.69) is 20.9 Å². The Balaban J connectivity index is 0.000000561. The second kappa shape index (κ2) is 5.36. The van der Waals surface area contributed by atoms with Gasteiger partial charge in [0.25, 0.3) is 5.69 Å². The van der Waals surface area contributed by atoms with Crippen molar-refractivity contribution in [1.29, 1.82) is 0 Å². The maximum atomic E-state index is 10.1. The topological polar surface area (TPSA) is 73.1 Å². The predicted octanol–water partition coefficient (Wildman–Crippen LogP) is 1.57. The molecule has 0 amide bonds. The molecule has 0 fully saturated rings. The molecular formula is C6H5BrN2O3. The van der Waals surface area contributed by atoms with Crippen LogP contribution in [0.1, 0.15) is 0 Å². The highest BCUT2D eigenvalue weighted by atomic mass is 79.9. The first kappa shape index (κ1) is 10.7. The van der Waals surface area contributed by atoms with Crippen molar-refractivity contribution < 1.29 is 9.72 Å². The average molecular weight is 233 g/mol. The van der Waals surface area contributed by atoms with Crippen molar-refractivity contribution in [1.82, 2.24) is 4.98 Å². The normalized spacial score (nSPS) is 8.08. The van der Waals surface area contributed by atoms with Crippen LogP contribution in [-0.2, 0) is 4.79 Å². The molecule has 5 nitrogen and oxygen atoms in total. The Bertz CT molecular complexity index is 279. The number of hydrogen-bond acceptors (Lipinski definition) is 4. The van der Waals surface area contributed by atoms with E-state index in [9.17, 15) is 10.1 Å². The molecule has 0 aromatic carbocycles. The maximum Gasteiger partial charge on any atom is 0.288 e. The fraction of sp³-hybridized carbons (Fsp3) is 0. The summed E-state index contributed by atoms with van der Waals surface area (Å²) < 4.78 is 0.613. The lowest BCUT2D eigenvalue weighted by Crippen LogP contribution is -1.87. The van der Waals surface area contributed by atoms with E-state index in [4.69, 9.17) is 4.79 Å².